The summed E-state index contributed by atoms with van der Waals surface area (Å²) in [4.78, 5) is 29.5. The predicted octanol–water partition coefficient (Wildman–Crippen LogP) is 23.5. The van der Waals surface area contributed by atoms with E-state index < -0.39 is 0 Å². The zero-order chi connectivity index (χ0) is 52.2. The Hall–Kier alpha value is -1.32. The molecule has 0 saturated heterocycles. The normalized spacial score (nSPS) is 12.1. The molecule has 4 heteroatoms. The molecule has 0 aromatic rings. The molecule has 0 heterocycles. The number of hydrogen-bond donors (Lipinski definition) is 0. The molecular formula is C68H133NO3. The average Bonchev–Trinajstić information content (AvgIpc) is 3.38. The van der Waals surface area contributed by atoms with E-state index in [1.54, 1.807) is 0 Å². The van der Waals surface area contributed by atoms with Crippen molar-refractivity contribution in [1.82, 2.24) is 4.90 Å². The van der Waals surface area contributed by atoms with Gasteiger partial charge in [0.25, 0.3) is 0 Å². The van der Waals surface area contributed by atoms with E-state index >= 15 is 0 Å². The van der Waals surface area contributed by atoms with Crippen LogP contribution in [0.15, 0.2) is 12.2 Å². The number of carbonyl (C=O) groups is 2. The summed E-state index contributed by atoms with van der Waals surface area (Å²) in [5, 5.41) is 0. The smallest absolute Gasteiger partial charge is 0.309 e. The second-order valence-corrected chi connectivity index (χ2v) is 23.3. The molecule has 1 amide bonds. The molecule has 0 radical (unpaired) electrons. The van der Waals surface area contributed by atoms with Crippen LogP contribution in [0.5, 0.6) is 0 Å². The molecule has 0 aliphatic carbocycles. The first kappa shape index (κ1) is 70.7. The molecular weight excluding hydrogens is 879 g/mol. The summed E-state index contributed by atoms with van der Waals surface area (Å²) in [5.74, 6) is -0.233. The molecule has 0 aliphatic rings. The van der Waals surface area contributed by atoms with Crippen molar-refractivity contribution >= 4 is 11.9 Å². The van der Waals surface area contributed by atoms with Crippen molar-refractivity contribution in [3.05, 3.63) is 12.2 Å². The highest BCUT2D eigenvalue weighted by Gasteiger charge is 2.26. The molecule has 0 aromatic carbocycles. The number of hydrogen-bond acceptors (Lipinski definition) is 3. The van der Waals surface area contributed by atoms with Crippen LogP contribution < -0.4 is 0 Å². The van der Waals surface area contributed by atoms with Crippen molar-refractivity contribution < 1.29 is 14.3 Å². The number of esters is 1. The van der Waals surface area contributed by atoms with Crippen LogP contribution in [0.25, 0.3) is 0 Å². The number of unbranched alkanes of at least 4 members (excludes halogenated alkanes) is 49. The largest absolute Gasteiger partial charge is 0.465 e. The first-order valence-corrected chi connectivity index (χ1v) is 33.7. The lowest BCUT2D eigenvalue weighted by molar-refractivity contribution is -0.152. The second kappa shape index (κ2) is 62.2. The first-order valence-electron chi connectivity index (χ1n) is 33.7. The molecule has 0 N–H and O–H groups in total. The SMILES string of the molecule is CCCCCCCCCCCCCCCCCCCCCCCCCCCCC/C=C/CCCCCCCCCC(CC(=O)N(CCCCCCCC)CCCCCCCC)C(=O)OCCCCCCCC. The summed E-state index contributed by atoms with van der Waals surface area (Å²) in [6.07, 6.45) is 78.3. The summed E-state index contributed by atoms with van der Waals surface area (Å²) in [6.45, 7) is 11.3. The maximum atomic E-state index is 13.9. The van der Waals surface area contributed by atoms with Gasteiger partial charge in [-0.1, -0.05) is 342 Å². The molecule has 0 spiro atoms. The number of carbonyl (C=O) groups excluding carboxylic acids is 2. The van der Waals surface area contributed by atoms with Crippen molar-refractivity contribution in [1.29, 1.82) is 0 Å². The molecule has 0 fully saturated rings. The van der Waals surface area contributed by atoms with E-state index in [0.717, 1.165) is 58.0 Å². The molecule has 1 atom stereocenters. The van der Waals surface area contributed by atoms with Crippen LogP contribution in [0.4, 0.5) is 0 Å². The van der Waals surface area contributed by atoms with E-state index in [0.29, 0.717) is 13.0 Å². The number of amides is 1. The van der Waals surface area contributed by atoms with Gasteiger partial charge in [0.1, 0.15) is 0 Å². The zero-order valence-corrected chi connectivity index (χ0v) is 50.1. The summed E-state index contributed by atoms with van der Waals surface area (Å²) < 4.78 is 5.88. The Bertz CT molecular complexity index is 1060. The quantitative estimate of drug-likeness (QED) is 0.0346. The standard InChI is InChI=1S/C68H133NO3/c1-5-9-13-17-21-22-23-24-25-26-27-28-29-30-31-32-33-34-35-36-37-38-39-40-41-42-43-44-45-46-47-48-49-50-51-52-53-57-61-66(68(71)72-64-60-56-20-16-12-8-4)65-67(70)69(62-58-54-18-14-10-6-2)63-59-55-19-15-11-7-3/h45-46,66H,5-44,47-65H2,1-4H3/b46-45+. The Balaban J connectivity index is 4.04. The van der Waals surface area contributed by atoms with Gasteiger partial charge in [-0.2, -0.15) is 0 Å². The Morgan fingerprint density at radius 2 is 0.569 bits per heavy atom. The second-order valence-electron chi connectivity index (χ2n) is 23.3. The van der Waals surface area contributed by atoms with E-state index in [-0.39, 0.29) is 17.8 Å². The Morgan fingerprint density at radius 3 is 0.875 bits per heavy atom. The van der Waals surface area contributed by atoms with Crippen molar-refractivity contribution in [3.63, 3.8) is 0 Å². The van der Waals surface area contributed by atoms with Gasteiger partial charge in [-0.25, -0.2) is 0 Å². The number of allylic oxidation sites excluding steroid dienone is 2. The molecule has 0 aromatic heterocycles. The fourth-order valence-electron chi connectivity index (χ4n) is 10.9. The molecule has 428 valence electrons. The molecule has 0 aliphatic heterocycles. The minimum atomic E-state index is -0.297. The van der Waals surface area contributed by atoms with Crippen LogP contribution in [-0.2, 0) is 14.3 Å². The third-order valence-electron chi connectivity index (χ3n) is 16.0. The van der Waals surface area contributed by atoms with Gasteiger partial charge in [0.05, 0.1) is 12.5 Å². The lowest BCUT2D eigenvalue weighted by Crippen LogP contribution is -2.35. The summed E-state index contributed by atoms with van der Waals surface area (Å²) >= 11 is 0. The molecule has 0 rings (SSSR count). The van der Waals surface area contributed by atoms with Crippen molar-refractivity contribution in [2.24, 2.45) is 5.92 Å². The maximum Gasteiger partial charge on any atom is 0.309 e. The molecule has 4 nitrogen and oxygen atoms in total. The minimum absolute atomic E-state index is 0.120. The van der Waals surface area contributed by atoms with Gasteiger partial charge in [0, 0.05) is 19.5 Å². The predicted molar refractivity (Wildman–Crippen MR) is 321 cm³/mol. The minimum Gasteiger partial charge on any atom is -0.465 e. The monoisotopic (exact) mass is 1010 g/mol. The van der Waals surface area contributed by atoms with Gasteiger partial charge in [0.2, 0.25) is 5.91 Å². The van der Waals surface area contributed by atoms with Crippen LogP contribution in [-0.4, -0.2) is 36.5 Å². The van der Waals surface area contributed by atoms with Gasteiger partial charge in [0.15, 0.2) is 0 Å². The highest BCUT2D eigenvalue weighted by molar-refractivity contribution is 5.83. The van der Waals surface area contributed by atoms with Crippen LogP contribution in [0.2, 0.25) is 0 Å². The molecule has 72 heavy (non-hydrogen) atoms. The summed E-state index contributed by atoms with van der Waals surface area (Å²) in [6, 6.07) is 0. The van der Waals surface area contributed by atoms with Crippen LogP contribution in [0.1, 0.15) is 387 Å². The lowest BCUT2D eigenvalue weighted by atomic mass is 9.96. The molecule has 0 saturated carbocycles. The number of nitrogens with zero attached hydrogens (tertiary/aromatic N) is 1. The average molecular weight is 1010 g/mol. The van der Waals surface area contributed by atoms with Gasteiger partial charge in [-0.05, 0) is 51.4 Å². The first-order chi connectivity index (χ1) is 35.6. The van der Waals surface area contributed by atoms with Crippen LogP contribution >= 0.6 is 0 Å². The Morgan fingerprint density at radius 1 is 0.319 bits per heavy atom. The summed E-state index contributed by atoms with van der Waals surface area (Å²) in [5.41, 5.74) is 0. The van der Waals surface area contributed by atoms with Gasteiger partial charge in [-0.15, -0.1) is 0 Å². The van der Waals surface area contributed by atoms with Gasteiger partial charge in [-0.3, -0.25) is 9.59 Å². The Kier molecular flexibility index (Phi) is 61.1. The van der Waals surface area contributed by atoms with Crippen LogP contribution in [0.3, 0.4) is 0 Å². The van der Waals surface area contributed by atoms with E-state index in [1.807, 2.05) is 0 Å². The summed E-state index contributed by atoms with van der Waals surface area (Å²) in [7, 11) is 0. The number of ether oxygens (including phenoxy) is 1. The third kappa shape index (κ3) is 54.9. The van der Waals surface area contributed by atoms with E-state index in [4.69, 9.17) is 4.74 Å². The van der Waals surface area contributed by atoms with Gasteiger partial charge < -0.3 is 9.64 Å². The van der Waals surface area contributed by atoms with E-state index in [2.05, 4.69) is 44.7 Å². The highest BCUT2D eigenvalue weighted by Crippen LogP contribution is 2.22. The van der Waals surface area contributed by atoms with Crippen molar-refractivity contribution in [3.8, 4) is 0 Å². The topological polar surface area (TPSA) is 46.6 Å². The fraction of sp³-hybridized carbons (Fsp3) is 0.941. The van der Waals surface area contributed by atoms with E-state index in [1.165, 1.54) is 308 Å². The number of rotatable bonds is 62. The van der Waals surface area contributed by atoms with E-state index in [9.17, 15) is 9.59 Å². The van der Waals surface area contributed by atoms with Crippen molar-refractivity contribution in [2.75, 3.05) is 19.7 Å². The van der Waals surface area contributed by atoms with Gasteiger partial charge >= 0.3 is 5.97 Å². The Labute approximate surface area is 454 Å². The fourth-order valence-corrected chi connectivity index (χ4v) is 10.9. The van der Waals surface area contributed by atoms with Crippen LogP contribution in [0, 0.1) is 5.92 Å². The lowest BCUT2D eigenvalue weighted by Gasteiger charge is -2.25. The zero-order valence-electron chi connectivity index (χ0n) is 50.1. The third-order valence-corrected chi connectivity index (χ3v) is 16.0. The molecule has 0 bridgehead atoms. The van der Waals surface area contributed by atoms with Crippen molar-refractivity contribution in [2.45, 2.75) is 387 Å². The highest BCUT2D eigenvalue weighted by atomic mass is 16.5. The maximum absolute atomic E-state index is 13.9. The molecule has 1 unspecified atom stereocenters.